The van der Waals surface area contributed by atoms with Gasteiger partial charge >= 0.3 is 0 Å². The molecule has 0 aliphatic heterocycles. The van der Waals surface area contributed by atoms with E-state index in [-0.39, 0.29) is 11.7 Å². The Balaban J connectivity index is 2.32. The first kappa shape index (κ1) is 11.7. The number of nitrogens with one attached hydrogen (secondary N) is 2. The highest BCUT2D eigenvalue weighted by molar-refractivity contribution is 5.75. The molecule has 0 heterocycles. The molecule has 2 N–H and O–H groups in total. The topological polar surface area (TPSA) is 41.1 Å². The number of halogens is 1. The molecule has 82 valence electrons. The van der Waals surface area contributed by atoms with Crippen LogP contribution in [0.15, 0.2) is 24.3 Å². The van der Waals surface area contributed by atoms with Crippen molar-refractivity contribution in [3.63, 3.8) is 0 Å². The standard InChI is InChI=1S/C11H15FN2O/c1-13-14-11(15)8-4-6-9-5-2-3-7-10(9)12/h2-3,5,7,13H,4,6,8H2,1H3,(H,14,15). The van der Waals surface area contributed by atoms with Crippen molar-refractivity contribution in [1.29, 1.82) is 0 Å². The zero-order valence-corrected chi connectivity index (χ0v) is 8.72. The Morgan fingerprint density at radius 2 is 2.13 bits per heavy atom. The summed E-state index contributed by atoms with van der Waals surface area (Å²) in [4.78, 5) is 11.1. The summed E-state index contributed by atoms with van der Waals surface area (Å²) in [6.45, 7) is 0. The number of benzene rings is 1. The number of rotatable bonds is 5. The summed E-state index contributed by atoms with van der Waals surface area (Å²) in [5.41, 5.74) is 5.68. The maximum Gasteiger partial charge on any atom is 0.234 e. The fourth-order valence-corrected chi connectivity index (χ4v) is 1.34. The van der Waals surface area contributed by atoms with Crippen molar-refractivity contribution in [3.05, 3.63) is 35.6 Å². The Labute approximate surface area is 88.7 Å². The van der Waals surface area contributed by atoms with Gasteiger partial charge in [0.05, 0.1) is 0 Å². The zero-order valence-electron chi connectivity index (χ0n) is 8.72. The van der Waals surface area contributed by atoms with Gasteiger partial charge in [-0.15, -0.1) is 0 Å². The van der Waals surface area contributed by atoms with Crippen LogP contribution in [0.2, 0.25) is 0 Å². The quantitative estimate of drug-likeness (QED) is 0.721. The van der Waals surface area contributed by atoms with E-state index in [9.17, 15) is 9.18 Å². The van der Waals surface area contributed by atoms with Crippen LogP contribution in [0.3, 0.4) is 0 Å². The summed E-state index contributed by atoms with van der Waals surface area (Å²) in [5, 5.41) is 0. The number of hydrazine groups is 1. The molecule has 0 aliphatic rings. The molecule has 3 nitrogen and oxygen atoms in total. The van der Waals surface area contributed by atoms with Crippen molar-refractivity contribution < 1.29 is 9.18 Å². The summed E-state index contributed by atoms with van der Waals surface area (Å²) in [5.74, 6) is -0.277. The van der Waals surface area contributed by atoms with Crippen LogP contribution in [0.1, 0.15) is 18.4 Å². The van der Waals surface area contributed by atoms with Crippen molar-refractivity contribution in [2.24, 2.45) is 0 Å². The monoisotopic (exact) mass is 210 g/mol. The molecule has 0 fully saturated rings. The van der Waals surface area contributed by atoms with Crippen LogP contribution in [-0.2, 0) is 11.2 Å². The van der Waals surface area contributed by atoms with Gasteiger partial charge in [0.25, 0.3) is 0 Å². The second kappa shape index (κ2) is 6.14. The van der Waals surface area contributed by atoms with Crippen LogP contribution in [-0.4, -0.2) is 13.0 Å². The van der Waals surface area contributed by atoms with E-state index in [4.69, 9.17) is 0 Å². The molecule has 1 aromatic rings. The van der Waals surface area contributed by atoms with Gasteiger partial charge in [0, 0.05) is 13.5 Å². The van der Waals surface area contributed by atoms with Crippen molar-refractivity contribution in [3.8, 4) is 0 Å². The zero-order chi connectivity index (χ0) is 11.1. The fraction of sp³-hybridized carbons (Fsp3) is 0.364. The molecule has 0 spiro atoms. The van der Waals surface area contributed by atoms with Gasteiger partial charge in [-0.3, -0.25) is 10.2 Å². The van der Waals surface area contributed by atoms with Gasteiger partial charge in [0.1, 0.15) is 5.82 Å². The molecule has 0 bridgehead atoms. The van der Waals surface area contributed by atoms with E-state index in [1.165, 1.54) is 6.07 Å². The van der Waals surface area contributed by atoms with Gasteiger partial charge < -0.3 is 0 Å². The third-order valence-electron chi connectivity index (χ3n) is 2.07. The average molecular weight is 210 g/mol. The Morgan fingerprint density at radius 3 is 2.80 bits per heavy atom. The number of hydrogen-bond acceptors (Lipinski definition) is 2. The second-order valence-electron chi connectivity index (χ2n) is 3.24. The molecule has 4 heteroatoms. The molecule has 0 unspecified atom stereocenters. The van der Waals surface area contributed by atoms with Gasteiger partial charge in [0.2, 0.25) is 5.91 Å². The second-order valence-corrected chi connectivity index (χ2v) is 3.24. The largest absolute Gasteiger partial charge is 0.292 e. The van der Waals surface area contributed by atoms with Crippen molar-refractivity contribution >= 4 is 5.91 Å². The highest BCUT2D eigenvalue weighted by atomic mass is 19.1. The highest BCUT2D eigenvalue weighted by Gasteiger charge is 2.03. The van der Waals surface area contributed by atoms with Crippen LogP contribution in [0, 0.1) is 5.82 Å². The maximum atomic E-state index is 13.1. The Hall–Kier alpha value is -1.42. The highest BCUT2D eigenvalue weighted by Crippen LogP contribution is 2.09. The number of amides is 1. The molecule has 0 aliphatic carbocycles. The Kier molecular flexibility index (Phi) is 4.77. The first-order valence-electron chi connectivity index (χ1n) is 4.93. The fourth-order valence-electron chi connectivity index (χ4n) is 1.34. The SMILES string of the molecule is CNNC(=O)CCCc1ccccc1F. The molecule has 15 heavy (non-hydrogen) atoms. The van der Waals surface area contributed by atoms with Crippen LogP contribution >= 0.6 is 0 Å². The molecule has 1 rings (SSSR count). The van der Waals surface area contributed by atoms with Gasteiger partial charge in [-0.2, -0.15) is 0 Å². The van der Waals surface area contributed by atoms with Crippen LogP contribution < -0.4 is 10.9 Å². The van der Waals surface area contributed by atoms with Gasteiger partial charge in [-0.1, -0.05) is 18.2 Å². The van der Waals surface area contributed by atoms with E-state index in [1.54, 1.807) is 25.2 Å². The Morgan fingerprint density at radius 1 is 1.40 bits per heavy atom. The predicted octanol–water partition coefficient (Wildman–Crippen LogP) is 1.40. The smallest absolute Gasteiger partial charge is 0.234 e. The van der Waals surface area contributed by atoms with Gasteiger partial charge in [0.15, 0.2) is 0 Å². The first-order valence-corrected chi connectivity index (χ1v) is 4.93. The summed E-state index contributed by atoms with van der Waals surface area (Å²) < 4.78 is 13.1. The molecule has 1 aromatic carbocycles. The van der Waals surface area contributed by atoms with Gasteiger partial charge in [-0.25, -0.2) is 9.82 Å². The lowest BCUT2D eigenvalue weighted by Gasteiger charge is -2.03. The molecule has 1 amide bonds. The van der Waals surface area contributed by atoms with E-state index in [1.807, 2.05) is 0 Å². The molecule has 0 atom stereocenters. The molecular formula is C11H15FN2O. The average Bonchev–Trinajstić information content (AvgIpc) is 2.21. The van der Waals surface area contributed by atoms with Crippen molar-refractivity contribution in [1.82, 2.24) is 10.9 Å². The minimum atomic E-state index is -0.202. The minimum Gasteiger partial charge on any atom is -0.292 e. The van der Waals surface area contributed by atoms with Crippen LogP contribution in [0.4, 0.5) is 4.39 Å². The molecule has 0 radical (unpaired) electrons. The third-order valence-corrected chi connectivity index (χ3v) is 2.07. The lowest BCUT2D eigenvalue weighted by atomic mass is 10.1. The van der Waals surface area contributed by atoms with E-state index in [0.717, 1.165) is 0 Å². The molecule has 0 saturated heterocycles. The number of carbonyl (C=O) groups excluding carboxylic acids is 1. The summed E-state index contributed by atoms with van der Waals surface area (Å²) >= 11 is 0. The van der Waals surface area contributed by atoms with Crippen molar-refractivity contribution in [2.75, 3.05) is 7.05 Å². The lowest BCUT2D eigenvalue weighted by Crippen LogP contribution is -2.33. The summed E-state index contributed by atoms with van der Waals surface area (Å²) in [7, 11) is 1.63. The third kappa shape index (κ3) is 4.08. The van der Waals surface area contributed by atoms with Crippen LogP contribution in [0.5, 0.6) is 0 Å². The number of aryl methyl sites for hydroxylation is 1. The summed E-state index contributed by atoms with van der Waals surface area (Å²) in [6.07, 6.45) is 1.63. The minimum absolute atomic E-state index is 0.0751. The lowest BCUT2D eigenvalue weighted by molar-refractivity contribution is -0.122. The molecule has 0 saturated carbocycles. The first-order chi connectivity index (χ1) is 7.24. The Bertz CT molecular complexity index is 328. The van der Waals surface area contributed by atoms with E-state index in [2.05, 4.69) is 10.9 Å². The molecule has 0 aromatic heterocycles. The summed E-state index contributed by atoms with van der Waals surface area (Å²) in [6, 6.07) is 6.63. The maximum absolute atomic E-state index is 13.1. The number of hydrogen-bond donors (Lipinski definition) is 2. The van der Waals surface area contributed by atoms with E-state index in [0.29, 0.717) is 24.8 Å². The van der Waals surface area contributed by atoms with E-state index >= 15 is 0 Å². The number of carbonyl (C=O) groups is 1. The van der Waals surface area contributed by atoms with E-state index < -0.39 is 0 Å². The predicted molar refractivity (Wildman–Crippen MR) is 56.5 cm³/mol. The van der Waals surface area contributed by atoms with Crippen molar-refractivity contribution in [2.45, 2.75) is 19.3 Å². The molecular weight excluding hydrogens is 195 g/mol. The van der Waals surface area contributed by atoms with Gasteiger partial charge in [-0.05, 0) is 24.5 Å². The van der Waals surface area contributed by atoms with Crippen LogP contribution in [0.25, 0.3) is 0 Å². The normalized spacial score (nSPS) is 10.0.